The normalized spacial score (nSPS) is 17.6. The SMILES string of the molecule is COc1cc(CC(=O)c2ccc3c(c2)C([18F])CC(C)(C)O3)cc(CO)c1CO. The minimum atomic E-state index is -1.18. The Morgan fingerprint density at radius 1 is 1.25 bits per heavy atom. The third-order valence-electron chi connectivity index (χ3n) is 5.00. The summed E-state index contributed by atoms with van der Waals surface area (Å²) >= 11 is 0. The van der Waals surface area contributed by atoms with Crippen LogP contribution < -0.4 is 9.47 Å². The molecule has 0 radical (unpaired) electrons. The minimum Gasteiger partial charge on any atom is -0.496 e. The molecule has 28 heavy (non-hydrogen) atoms. The Morgan fingerprint density at radius 2 is 2.00 bits per heavy atom. The largest absolute Gasteiger partial charge is 0.496 e. The Morgan fingerprint density at radius 3 is 2.64 bits per heavy atom. The Hall–Kier alpha value is -2.44. The van der Waals surface area contributed by atoms with E-state index in [0.29, 0.717) is 39.3 Å². The quantitative estimate of drug-likeness (QED) is 0.740. The number of benzene rings is 2. The second-order valence-corrected chi connectivity index (χ2v) is 7.64. The predicted molar refractivity (Wildman–Crippen MR) is 102 cm³/mol. The van der Waals surface area contributed by atoms with E-state index < -0.39 is 11.8 Å². The molecule has 2 aromatic carbocycles. The van der Waals surface area contributed by atoms with Gasteiger partial charge >= 0.3 is 0 Å². The molecule has 1 aliphatic heterocycles. The second kappa shape index (κ2) is 7.89. The van der Waals surface area contributed by atoms with Crippen molar-refractivity contribution in [3.05, 3.63) is 58.1 Å². The number of carbonyl (C=O) groups is 1. The van der Waals surface area contributed by atoms with Crippen LogP contribution in [0.4, 0.5) is 4.39 Å². The molecule has 150 valence electrons. The smallest absolute Gasteiger partial charge is 0.167 e. The molecule has 0 saturated carbocycles. The standard InChI is InChI=1S/C22H25FO5/c1-22(2)10-18(23)16-9-14(4-5-20(16)28-22)19(26)7-13-6-15(11-24)17(12-25)21(8-13)27-3/h4-6,8-9,18,24-25H,7,10-12H2,1-3H3/i23-1. The highest BCUT2D eigenvalue weighted by molar-refractivity contribution is 5.98. The summed E-state index contributed by atoms with van der Waals surface area (Å²) in [5, 5.41) is 19.0. The van der Waals surface area contributed by atoms with E-state index in [1.165, 1.54) is 7.11 Å². The first-order chi connectivity index (χ1) is 13.3. The molecule has 1 atom stereocenters. The number of carbonyl (C=O) groups excluding carboxylic acids is 1. The summed E-state index contributed by atoms with van der Waals surface area (Å²) < 4.78 is 25.6. The summed E-state index contributed by atoms with van der Waals surface area (Å²) in [5.41, 5.74) is 1.87. The van der Waals surface area contributed by atoms with Gasteiger partial charge in [0.1, 0.15) is 23.3 Å². The number of alkyl halides is 1. The molecule has 1 aliphatic rings. The fraction of sp³-hybridized carbons (Fsp3) is 0.409. The van der Waals surface area contributed by atoms with E-state index in [9.17, 15) is 19.4 Å². The summed E-state index contributed by atoms with van der Waals surface area (Å²) in [6, 6.07) is 8.19. The van der Waals surface area contributed by atoms with Crippen LogP contribution in [0.2, 0.25) is 0 Å². The number of fused-ring (bicyclic) bond motifs is 1. The molecule has 0 aliphatic carbocycles. The highest BCUT2D eigenvalue weighted by Gasteiger charge is 2.34. The Bertz CT molecular complexity index is 865. The molecule has 0 spiro atoms. The van der Waals surface area contributed by atoms with Crippen molar-refractivity contribution in [1.29, 1.82) is 0 Å². The van der Waals surface area contributed by atoms with E-state index in [1.54, 1.807) is 30.3 Å². The maximum absolute atomic E-state index is 14.6. The maximum atomic E-state index is 14.6. The molecule has 0 amide bonds. The number of hydrogen-bond donors (Lipinski definition) is 2. The van der Waals surface area contributed by atoms with Gasteiger partial charge < -0.3 is 19.7 Å². The highest BCUT2D eigenvalue weighted by Crippen LogP contribution is 2.42. The van der Waals surface area contributed by atoms with Crippen LogP contribution in [-0.4, -0.2) is 28.7 Å². The number of aliphatic hydroxyl groups excluding tert-OH is 2. The minimum absolute atomic E-state index is 0.0666. The van der Waals surface area contributed by atoms with Crippen LogP contribution in [0.1, 0.15) is 59.1 Å². The molecule has 0 fully saturated rings. The van der Waals surface area contributed by atoms with Gasteiger partial charge in [-0.15, -0.1) is 0 Å². The molecule has 1 heterocycles. The molecule has 5 nitrogen and oxygen atoms in total. The van der Waals surface area contributed by atoms with Crippen LogP contribution in [-0.2, 0) is 19.6 Å². The van der Waals surface area contributed by atoms with Gasteiger partial charge in [0.15, 0.2) is 5.78 Å². The molecule has 0 saturated heterocycles. The highest BCUT2D eigenvalue weighted by atomic mass is 18.2. The van der Waals surface area contributed by atoms with E-state index in [0.717, 1.165) is 0 Å². The van der Waals surface area contributed by atoms with Crippen molar-refractivity contribution >= 4 is 5.78 Å². The molecule has 0 aromatic heterocycles. The molecule has 0 bridgehead atoms. The van der Waals surface area contributed by atoms with Crippen molar-refractivity contribution in [2.24, 2.45) is 0 Å². The van der Waals surface area contributed by atoms with Gasteiger partial charge in [0.25, 0.3) is 0 Å². The number of rotatable bonds is 6. The lowest BCUT2D eigenvalue weighted by molar-refractivity contribution is 0.0443. The Kier molecular flexibility index (Phi) is 5.72. The van der Waals surface area contributed by atoms with E-state index in [4.69, 9.17) is 9.47 Å². The number of hydrogen-bond acceptors (Lipinski definition) is 5. The molecule has 3 rings (SSSR count). The molecule has 2 aromatic rings. The van der Waals surface area contributed by atoms with E-state index in [-0.39, 0.29) is 31.8 Å². The van der Waals surface area contributed by atoms with Gasteiger partial charge in [0.2, 0.25) is 0 Å². The zero-order valence-electron chi connectivity index (χ0n) is 16.3. The van der Waals surface area contributed by atoms with Crippen molar-refractivity contribution < 1.29 is 28.9 Å². The van der Waals surface area contributed by atoms with Gasteiger partial charge in [0, 0.05) is 29.5 Å². The molecule has 1 unspecified atom stereocenters. The maximum Gasteiger partial charge on any atom is 0.167 e. The molecule has 2 N–H and O–H groups in total. The predicted octanol–water partition coefficient (Wildman–Crippen LogP) is 3.68. The van der Waals surface area contributed by atoms with Gasteiger partial charge in [-0.05, 0) is 49.2 Å². The van der Waals surface area contributed by atoms with Gasteiger partial charge in [0.05, 0.1) is 20.3 Å². The van der Waals surface area contributed by atoms with Crippen LogP contribution in [0.25, 0.3) is 0 Å². The van der Waals surface area contributed by atoms with Crippen LogP contribution in [0.15, 0.2) is 30.3 Å². The van der Waals surface area contributed by atoms with Crippen LogP contribution in [0.5, 0.6) is 11.5 Å². The monoisotopic (exact) mass is 387 g/mol. The zero-order chi connectivity index (χ0) is 20.5. The van der Waals surface area contributed by atoms with E-state index in [2.05, 4.69) is 0 Å². The second-order valence-electron chi connectivity index (χ2n) is 7.64. The lowest BCUT2D eigenvalue weighted by atomic mass is 9.90. The average Bonchev–Trinajstić information content (AvgIpc) is 2.65. The lowest BCUT2D eigenvalue weighted by Gasteiger charge is -2.34. The van der Waals surface area contributed by atoms with Crippen molar-refractivity contribution in [2.45, 2.75) is 51.7 Å². The van der Waals surface area contributed by atoms with Crippen molar-refractivity contribution in [3.63, 3.8) is 0 Å². The van der Waals surface area contributed by atoms with E-state index >= 15 is 0 Å². The number of ketones is 1. The first-order valence-electron chi connectivity index (χ1n) is 9.18. The summed E-state index contributed by atoms with van der Waals surface area (Å²) in [5.74, 6) is 0.709. The Labute approximate surface area is 163 Å². The van der Waals surface area contributed by atoms with Gasteiger partial charge in [-0.1, -0.05) is 6.07 Å². The zero-order valence-corrected chi connectivity index (χ0v) is 16.3. The van der Waals surface area contributed by atoms with Crippen molar-refractivity contribution in [2.75, 3.05) is 7.11 Å². The molecular formula is C22H25FO5. The van der Waals surface area contributed by atoms with Gasteiger partial charge in [-0.25, -0.2) is 4.39 Å². The van der Waals surface area contributed by atoms with Crippen LogP contribution in [0.3, 0.4) is 0 Å². The third-order valence-corrected chi connectivity index (χ3v) is 5.00. The summed E-state index contributed by atoms with van der Waals surface area (Å²) in [6.07, 6.45) is -0.884. The van der Waals surface area contributed by atoms with Crippen LogP contribution in [0, 0.1) is 0 Å². The number of aliphatic hydroxyl groups is 2. The van der Waals surface area contributed by atoms with E-state index in [1.807, 2.05) is 13.8 Å². The average molecular weight is 387 g/mol. The fourth-order valence-electron chi connectivity index (χ4n) is 3.60. The van der Waals surface area contributed by atoms with Gasteiger partial charge in [-0.3, -0.25) is 4.79 Å². The number of methoxy groups -OCH3 is 1. The first kappa shape index (κ1) is 20.3. The third kappa shape index (κ3) is 4.03. The molecular weight excluding hydrogens is 362 g/mol. The first-order valence-corrected chi connectivity index (χ1v) is 9.18. The van der Waals surface area contributed by atoms with Crippen molar-refractivity contribution in [3.8, 4) is 11.5 Å². The summed E-state index contributed by atoms with van der Waals surface area (Å²) in [4.78, 5) is 12.8. The van der Waals surface area contributed by atoms with Gasteiger partial charge in [-0.2, -0.15) is 0 Å². The summed E-state index contributed by atoms with van der Waals surface area (Å²) in [6.45, 7) is 3.13. The summed E-state index contributed by atoms with van der Waals surface area (Å²) in [7, 11) is 1.47. The number of Topliss-reactive ketones (excluding diaryl/α,β-unsaturated/α-hetero) is 1. The number of ether oxygens (including phenoxy) is 2. The molecule has 6 heteroatoms. The van der Waals surface area contributed by atoms with Crippen LogP contribution >= 0.6 is 0 Å². The topological polar surface area (TPSA) is 76.0 Å². The van der Waals surface area contributed by atoms with Crippen molar-refractivity contribution in [1.82, 2.24) is 0 Å². The number of halogens is 1. The fourth-order valence-corrected chi connectivity index (χ4v) is 3.60. The lowest BCUT2D eigenvalue weighted by Crippen LogP contribution is -2.33. The Balaban J connectivity index is 1.87.